The second-order valence-electron chi connectivity index (χ2n) is 3.44. The van der Waals surface area contributed by atoms with Crippen molar-refractivity contribution in [2.45, 2.75) is 11.8 Å². The Balaban J connectivity index is 0.000000352. The highest BCUT2D eigenvalue weighted by Crippen LogP contribution is 2.08. The molecule has 1 N–H and O–H groups in total. The van der Waals surface area contributed by atoms with Gasteiger partial charge in [-0.3, -0.25) is 4.55 Å². The van der Waals surface area contributed by atoms with Crippen LogP contribution in [0, 0.1) is 6.92 Å². The van der Waals surface area contributed by atoms with Crippen molar-refractivity contribution in [1.82, 2.24) is 0 Å². The molecule has 3 nitrogen and oxygen atoms in total. The van der Waals surface area contributed by atoms with Gasteiger partial charge in [-0.15, -0.1) is 24.0 Å². The lowest BCUT2D eigenvalue weighted by Crippen LogP contribution is -1.96. The lowest BCUT2D eigenvalue weighted by atomic mass is 10.2. The number of aryl methyl sites for hydroxylation is 1. The molecule has 2 aromatic rings. The van der Waals surface area contributed by atoms with E-state index in [9.17, 15) is 8.42 Å². The normalized spacial score (nSPS) is 9.67. The van der Waals surface area contributed by atoms with Crippen molar-refractivity contribution in [2.24, 2.45) is 0 Å². The van der Waals surface area contributed by atoms with Crippen LogP contribution < -0.4 is 0 Å². The average molecular weight is 378 g/mol. The van der Waals surface area contributed by atoms with Crippen LogP contribution in [0.15, 0.2) is 65.6 Å². The van der Waals surface area contributed by atoms with Gasteiger partial charge in [0.1, 0.15) is 0 Å². The fourth-order valence-electron chi connectivity index (χ4n) is 1.10. The summed E-state index contributed by atoms with van der Waals surface area (Å²) in [6, 6.07) is 18.0. The molecule has 0 amide bonds. The van der Waals surface area contributed by atoms with E-state index in [0.717, 1.165) is 5.56 Å². The molecular weight excluding hydrogens is 363 g/mol. The monoisotopic (exact) mass is 378 g/mol. The summed E-state index contributed by atoms with van der Waals surface area (Å²) in [5.74, 6) is 0. The molecule has 0 atom stereocenters. The van der Waals surface area contributed by atoms with Crippen molar-refractivity contribution in [1.29, 1.82) is 0 Å². The second-order valence-corrected chi connectivity index (χ2v) is 4.86. The summed E-state index contributed by atoms with van der Waals surface area (Å²) in [7, 11) is -4.02. The van der Waals surface area contributed by atoms with Crippen molar-refractivity contribution in [3.8, 4) is 0 Å². The van der Waals surface area contributed by atoms with Crippen LogP contribution in [-0.2, 0) is 10.1 Å². The maximum Gasteiger partial charge on any atom is 0.294 e. The number of hydrogen-bond donors (Lipinski definition) is 1. The molecule has 0 fully saturated rings. The Morgan fingerprint density at radius 3 is 1.44 bits per heavy atom. The largest absolute Gasteiger partial charge is 0.294 e. The minimum absolute atomic E-state index is 0. The van der Waals surface area contributed by atoms with Gasteiger partial charge < -0.3 is 0 Å². The Hall–Kier alpha value is -0.920. The van der Waals surface area contributed by atoms with E-state index in [1.807, 2.05) is 43.3 Å². The number of rotatable bonds is 1. The number of benzene rings is 2. The molecule has 0 saturated carbocycles. The van der Waals surface area contributed by atoms with Crippen LogP contribution in [0.2, 0.25) is 0 Å². The van der Waals surface area contributed by atoms with Gasteiger partial charge in [-0.05, 0) is 19.1 Å². The molecule has 5 heteroatoms. The summed E-state index contributed by atoms with van der Waals surface area (Å²) >= 11 is 0. The molecule has 18 heavy (non-hydrogen) atoms. The van der Waals surface area contributed by atoms with E-state index < -0.39 is 10.1 Å². The Kier molecular flexibility index (Phi) is 7.81. The van der Waals surface area contributed by atoms with Crippen LogP contribution in [0.5, 0.6) is 0 Å². The van der Waals surface area contributed by atoms with E-state index in [4.69, 9.17) is 4.55 Å². The van der Waals surface area contributed by atoms with E-state index in [2.05, 4.69) is 0 Å². The van der Waals surface area contributed by atoms with Crippen LogP contribution in [-0.4, -0.2) is 13.0 Å². The molecule has 0 saturated heterocycles. The maximum atomic E-state index is 10.5. The fourth-order valence-corrected chi connectivity index (χ4v) is 1.58. The third kappa shape index (κ3) is 6.73. The first kappa shape index (κ1) is 17.1. The Morgan fingerprint density at radius 1 is 0.833 bits per heavy atom. The summed E-state index contributed by atoms with van der Waals surface area (Å²) in [5.41, 5.74) is 0.956. The molecular formula is C13H15IO3S. The average Bonchev–Trinajstić information content (AvgIpc) is 2.31. The molecule has 0 unspecified atom stereocenters. The predicted molar refractivity (Wildman–Crippen MR) is 82.9 cm³/mol. The van der Waals surface area contributed by atoms with Crippen molar-refractivity contribution in [2.75, 3.05) is 0 Å². The topological polar surface area (TPSA) is 54.4 Å². The highest BCUT2D eigenvalue weighted by molar-refractivity contribution is 14.0. The SMILES string of the molecule is Cc1ccc(S(=O)(=O)O)cc1.I.c1ccccc1. The van der Waals surface area contributed by atoms with Crippen LogP contribution >= 0.6 is 24.0 Å². The molecule has 0 spiro atoms. The van der Waals surface area contributed by atoms with E-state index in [0.29, 0.717) is 0 Å². The van der Waals surface area contributed by atoms with Gasteiger partial charge in [0.15, 0.2) is 0 Å². The second kappa shape index (κ2) is 8.23. The van der Waals surface area contributed by atoms with Gasteiger partial charge in [0.05, 0.1) is 4.90 Å². The fraction of sp³-hybridized carbons (Fsp3) is 0.0769. The minimum Gasteiger partial charge on any atom is -0.282 e. The van der Waals surface area contributed by atoms with Crippen LogP contribution in [0.3, 0.4) is 0 Å². The zero-order valence-corrected chi connectivity index (χ0v) is 13.0. The number of halogens is 1. The smallest absolute Gasteiger partial charge is 0.282 e. The lowest BCUT2D eigenvalue weighted by molar-refractivity contribution is 0.483. The molecule has 2 aromatic carbocycles. The van der Waals surface area contributed by atoms with Gasteiger partial charge in [0.25, 0.3) is 10.1 Å². The molecule has 98 valence electrons. The van der Waals surface area contributed by atoms with Gasteiger partial charge in [0, 0.05) is 0 Å². The van der Waals surface area contributed by atoms with E-state index in [-0.39, 0.29) is 28.9 Å². The summed E-state index contributed by atoms with van der Waals surface area (Å²) in [6.45, 7) is 1.84. The summed E-state index contributed by atoms with van der Waals surface area (Å²) in [6.07, 6.45) is 0. The molecule has 0 aromatic heterocycles. The first-order valence-electron chi connectivity index (χ1n) is 5.04. The highest BCUT2D eigenvalue weighted by Gasteiger charge is 2.06. The standard InChI is InChI=1S/C7H8O3S.C6H6.HI/c1-6-2-4-7(5-3-6)11(8,9)10;1-2-4-6-5-3-1;/h2-5H,1H3,(H,8,9,10);1-6H;1H. The maximum absolute atomic E-state index is 10.5. The molecule has 0 aliphatic heterocycles. The third-order valence-corrected chi connectivity index (χ3v) is 2.85. The Morgan fingerprint density at radius 2 is 1.17 bits per heavy atom. The van der Waals surface area contributed by atoms with Crippen LogP contribution in [0.25, 0.3) is 0 Å². The highest BCUT2D eigenvalue weighted by atomic mass is 127. The van der Waals surface area contributed by atoms with Crippen molar-refractivity contribution < 1.29 is 13.0 Å². The zero-order chi connectivity index (χ0) is 12.7. The molecule has 0 heterocycles. The zero-order valence-electron chi connectivity index (χ0n) is 9.85. The van der Waals surface area contributed by atoms with E-state index >= 15 is 0 Å². The first-order valence-corrected chi connectivity index (χ1v) is 6.48. The Bertz CT molecular complexity index is 510. The molecule has 0 aliphatic carbocycles. The Labute approximate surface area is 125 Å². The molecule has 0 aliphatic rings. The van der Waals surface area contributed by atoms with Gasteiger partial charge in [-0.2, -0.15) is 8.42 Å². The molecule has 0 bridgehead atoms. The van der Waals surface area contributed by atoms with Crippen molar-refractivity contribution in [3.05, 3.63) is 66.2 Å². The van der Waals surface area contributed by atoms with E-state index in [1.165, 1.54) is 12.1 Å². The summed E-state index contributed by atoms with van der Waals surface area (Å²) in [4.78, 5) is -0.0666. The summed E-state index contributed by atoms with van der Waals surface area (Å²) in [5, 5.41) is 0. The summed E-state index contributed by atoms with van der Waals surface area (Å²) < 4.78 is 29.6. The van der Waals surface area contributed by atoms with Gasteiger partial charge >= 0.3 is 0 Å². The predicted octanol–water partition coefficient (Wildman–Crippen LogP) is 3.55. The number of hydrogen-bond acceptors (Lipinski definition) is 2. The third-order valence-electron chi connectivity index (χ3n) is 1.99. The van der Waals surface area contributed by atoms with Crippen molar-refractivity contribution in [3.63, 3.8) is 0 Å². The van der Waals surface area contributed by atoms with Crippen LogP contribution in [0.1, 0.15) is 5.56 Å². The molecule has 2 rings (SSSR count). The molecule has 0 radical (unpaired) electrons. The van der Waals surface area contributed by atoms with Gasteiger partial charge in [0.2, 0.25) is 0 Å². The van der Waals surface area contributed by atoms with Crippen molar-refractivity contribution >= 4 is 34.1 Å². The van der Waals surface area contributed by atoms with Crippen LogP contribution in [0.4, 0.5) is 0 Å². The lowest BCUT2D eigenvalue weighted by Gasteiger charge is -1.95. The van der Waals surface area contributed by atoms with Gasteiger partial charge in [-0.1, -0.05) is 54.1 Å². The van der Waals surface area contributed by atoms with E-state index in [1.54, 1.807) is 12.1 Å². The van der Waals surface area contributed by atoms with Gasteiger partial charge in [-0.25, -0.2) is 0 Å². The minimum atomic E-state index is -4.02. The quantitative estimate of drug-likeness (QED) is 0.610. The first-order chi connectivity index (χ1) is 8.00.